The van der Waals surface area contributed by atoms with Crippen LogP contribution in [0, 0.1) is 24.4 Å². The molecular formula is C32H28ClF3N6O4. The largest absolute Gasteiger partial charge is 0.507 e. The first-order valence-electron chi connectivity index (χ1n) is 14.4. The first kappa shape index (κ1) is 31.1. The molecule has 14 heteroatoms. The van der Waals surface area contributed by atoms with Crippen LogP contribution in [-0.4, -0.2) is 61.5 Å². The third kappa shape index (κ3) is 4.51. The number of pyridine rings is 1. The lowest BCUT2D eigenvalue weighted by molar-refractivity contribution is -0.130. The quantitative estimate of drug-likeness (QED) is 0.291. The van der Waals surface area contributed by atoms with E-state index in [1.165, 1.54) is 16.0 Å². The lowest BCUT2D eigenvalue weighted by atomic mass is 9.98. The summed E-state index contributed by atoms with van der Waals surface area (Å²) in [5, 5.41) is 12.7. The Bertz CT molecular complexity index is 2070. The second kappa shape index (κ2) is 11.2. The van der Waals surface area contributed by atoms with Crippen molar-refractivity contribution in [2.45, 2.75) is 45.7 Å². The molecule has 0 bridgehead atoms. The Morgan fingerprint density at radius 2 is 1.87 bits per heavy atom. The first-order valence-corrected chi connectivity index (χ1v) is 14.8. The van der Waals surface area contributed by atoms with Crippen molar-refractivity contribution >= 4 is 45.8 Å². The van der Waals surface area contributed by atoms with Crippen LogP contribution in [0.3, 0.4) is 0 Å². The molecule has 4 aromatic rings. The number of hydrogen-bond acceptors (Lipinski definition) is 7. The highest BCUT2D eigenvalue weighted by atomic mass is 35.5. The van der Waals surface area contributed by atoms with Gasteiger partial charge in [-0.15, -0.1) is 0 Å². The number of aromatic nitrogens is 3. The van der Waals surface area contributed by atoms with E-state index in [1.807, 2.05) is 13.8 Å². The summed E-state index contributed by atoms with van der Waals surface area (Å²) in [6.45, 7) is 10.5. The Hall–Kier alpha value is -4.91. The van der Waals surface area contributed by atoms with Gasteiger partial charge in [0.25, 0.3) is 0 Å². The van der Waals surface area contributed by atoms with Gasteiger partial charge in [-0.25, -0.2) is 18.0 Å². The van der Waals surface area contributed by atoms with Gasteiger partial charge in [-0.05, 0) is 49.6 Å². The molecular weight excluding hydrogens is 625 g/mol. The minimum Gasteiger partial charge on any atom is -0.507 e. The summed E-state index contributed by atoms with van der Waals surface area (Å²) >= 11 is 6.77. The monoisotopic (exact) mass is 652 g/mol. The Morgan fingerprint density at radius 1 is 1.15 bits per heavy atom. The van der Waals surface area contributed by atoms with Gasteiger partial charge in [0, 0.05) is 24.3 Å². The summed E-state index contributed by atoms with van der Waals surface area (Å²) in [7, 11) is 0. The van der Waals surface area contributed by atoms with Crippen LogP contribution in [0.15, 0.2) is 41.8 Å². The molecule has 238 valence electrons. The van der Waals surface area contributed by atoms with Crippen LogP contribution in [0.4, 0.5) is 24.7 Å². The fraction of sp³-hybridized carbons (Fsp3) is 0.281. The number of nitrogens with one attached hydrogen (secondary N) is 1. The number of carbonyl (C=O) groups excluding carboxylic acids is 2. The molecule has 2 aromatic heterocycles. The normalized spacial score (nSPS) is 17.6. The highest BCUT2D eigenvalue weighted by molar-refractivity contribution is 6.39. The standard InChI is InChI=1S/C32H28ClF3N6O4/c1-6-19(44)40-12-17-31(45)38-27-22-29(25(36)21(23(27)33)20-18(43)8-7-16(34)24(20)35)42(28-14(4)9-10-37-26(28)13(2)3)32(46)39-30(22)41(17)11-15(40)5/h6-10,13,15,17,43H,1,11-12H2,2-5H3,(H,38,45). The van der Waals surface area contributed by atoms with Crippen molar-refractivity contribution < 1.29 is 27.9 Å². The molecule has 4 heterocycles. The number of fused-ring (bicyclic) bond motifs is 2. The Labute approximate surface area is 265 Å². The van der Waals surface area contributed by atoms with Crippen LogP contribution in [0.25, 0.3) is 27.7 Å². The fourth-order valence-corrected chi connectivity index (χ4v) is 6.60. The van der Waals surface area contributed by atoms with Crippen molar-refractivity contribution in [1.82, 2.24) is 19.4 Å². The number of piperazine rings is 1. The lowest BCUT2D eigenvalue weighted by Crippen LogP contribution is -2.62. The second-order valence-electron chi connectivity index (χ2n) is 11.6. The van der Waals surface area contributed by atoms with E-state index < -0.39 is 74.5 Å². The molecule has 2 amide bonds. The number of amides is 2. The van der Waals surface area contributed by atoms with Gasteiger partial charge in [0.15, 0.2) is 17.5 Å². The average Bonchev–Trinajstić information content (AvgIpc) is 3.12. The Balaban J connectivity index is 1.80. The molecule has 0 spiro atoms. The zero-order valence-corrected chi connectivity index (χ0v) is 25.9. The number of aryl methyl sites for hydroxylation is 1. The van der Waals surface area contributed by atoms with E-state index in [1.54, 1.807) is 19.9 Å². The summed E-state index contributed by atoms with van der Waals surface area (Å²) in [5.74, 6) is -6.57. The van der Waals surface area contributed by atoms with E-state index >= 15 is 8.78 Å². The van der Waals surface area contributed by atoms with Gasteiger partial charge < -0.3 is 20.2 Å². The summed E-state index contributed by atoms with van der Waals surface area (Å²) in [6, 6.07) is 1.53. The first-order chi connectivity index (χ1) is 21.8. The fourth-order valence-electron chi connectivity index (χ4n) is 6.28. The second-order valence-corrected chi connectivity index (χ2v) is 12.0. The molecule has 0 aliphatic carbocycles. The maximum absolute atomic E-state index is 17.3. The number of aromatic hydroxyl groups is 1. The van der Waals surface area contributed by atoms with Crippen LogP contribution in [0.2, 0.25) is 5.02 Å². The minimum atomic E-state index is -1.60. The molecule has 2 N–H and O–H groups in total. The highest BCUT2D eigenvalue weighted by Gasteiger charge is 2.43. The molecule has 6 rings (SSSR count). The predicted octanol–water partition coefficient (Wildman–Crippen LogP) is 5.20. The van der Waals surface area contributed by atoms with E-state index in [0.29, 0.717) is 17.3 Å². The summed E-state index contributed by atoms with van der Waals surface area (Å²) in [4.78, 5) is 52.4. The number of phenolic OH excluding ortho intramolecular Hbond substituents is 1. The zero-order chi connectivity index (χ0) is 33.4. The van der Waals surface area contributed by atoms with Gasteiger partial charge in [0.1, 0.15) is 23.1 Å². The van der Waals surface area contributed by atoms with Gasteiger partial charge in [0.05, 0.1) is 39.6 Å². The van der Waals surface area contributed by atoms with Gasteiger partial charge in [-0.3, -0.25) is 19.1 Å². The number of hydrogen-bond donors (Lipinski definition) is 2. The van der Waals surface area contributed by atoms with Crippen molar-refractivity contribution in [2.24, 2.45) is 0 Å². The van der Waals surface area contributed by atoms with Crippen LogP contribution in [0.5, 0.6) is 5.75 Å². The van der Waals surface area contributed by atoms with Gasteiger partial charge in [-0.1, -0.05) is 32.0 Å². The number of phenols is 1. The number of rotatable bonds is 4. The molecule has 2 aliphatic rings. The minimum absolute atomic E-state index is 0.0200. The van der Waals surface area contributed by atoms with E-state index in [0.717, 1.165) is 16.7 Å². The molecule has 2 atom stereocenters. The number of carbonyl (C=O) groups is 2. The Kier molecular flexibility index (Phi) is 7.54. The third-order valence-electron chi connectivity index (χ3n) is 8.46. The van der Waals surface area contributed by atoms with Crippen molar-refractivity contribution in [3.8, 4) is 22.6 Å². The number of anilines is 2. The smallest absolute Gasteiger partial charge is 0.354 e. The highest BCUT2D eigenvalue weighted by Crippen LogP contribution is 2.49. The van der Waals surface area contributed by atoms with Crippen molar-refractivity contribution in [3.05, 3.63) is 81.3 Å². The molecule has 2 unspecified atom stereocenters. The lowest BCUT2D eigenvalue weighted by Gasteiger charge is -2.44. The van der Waals surface area contributed by atoms with Crippen molar-refractivity contribution in [3.63, 3.8) is 0 Å². The molecule has 2 aromatic carbocycles. The van der Waals surface area contributed by atoms with Crippen LogP contribution < -0.4 is 15.9 Å². The van der Waals surface area contributed by atoms with Crippen LogP contribution in [0.1, 0.15) is 37.9 Å². The maximum Gasteiger partial charge on any atom is 0.354 e. The summed E-state index contributed by atoms with van der Waals surface area (Å²) in [5.41, 5.74) is -2.20. The molecule has 0 radical (unpaired) electrons. The molecule has 1 fully saturated rings. The predicted molar refractivity (Wildman–Crippen MR) is 167 cm³/mol. The Morgan fingerprint density at radius 3 is 2.54 bits per heavy atom. The van der Waals surface area contributed by atoms with E-state index in [9.17, 15) is 23.9 Å². The SMILES string of the molecule is C=CC(=O)N1CC2C(=O)Nc3c(Cl)c(-c4c(O)ccc(F)c4F)c(F)c4c3c(nc(=O)n4-c3c(C)ccnc3C(C)C)N2CC1C. The number of nitrogens with zero attached hydrogens (tertiary/aromatic N) is 5. The number of benzene rings is 2. The average molecular weight is 653 g/mol. The van der Waals surface area contributed by atoms with E-state index in [2.05, 4.69) is 21.9 Å². The van der Waals surface area contributed by atoms with Crippen molar-refractivity contribution in [2.75, 3.05) is 23.3 Å². The molecule has 0 saturated carbocycles. The summed E-state index contributed by atoms with van der Waals surface area (Å²) in [6.07, 6.45) is 2.66. The van der Waals surface area contributed by atoms with Gasteiger partial charge in [-0.2, -0.15) is 4.98 Å². The van der Waals surface area contributed by atoms with Crippen molar-refractivity contribution in [1.29, 1.82) is 0 Å². The zero-order valence-electron chi connectivity index (χ0n) is 25.2. The third-order valence-corrected chi connectivity index (χ3v) is 8.84. The number of halogens is 4. The van der Waals surface area contributed by atoms with Gasteiger partial charge in [0.2, 0.25) is 11.8 Å². The molecule has 1 saturated heterocycles. The van der Waals surface area contributed by atoms with E-state index in [4.69, 9.17) is 11.6 Å². The van der Waals surface area contributed by atoms with E-state index in [-0.39, 0.29) is 41.6 Å². The molecule has 10 nitrogen and oxygen atoms in total. The van der Waals surface area contributed by atoms with Crippen LogP contribution >= 0.6 is 11.6 Å². The maximum atomic E-state index is 17.3. The van der Waals surface area contributed by atoms with Crippen LogP contribution in [-0.2, 0) is 9.59 Å². The summed E-state index contributed by atoms with van der Waals surface area (Å²) < 4.78 is 48.2. The molecule has 2 aliphatic heterocycles. The van der Waals surface area contributed by atoms with Gasteiger partial charge >= 0.3 is 5.69 Å². The molecule has 46 heavy (non-hydrogen) atoms. The topological polar surface area (TPSA) is 121 Å².